The highest BCUT2D eigenvalue weighted by atomic mass is 16.5. The quantitative estimate of drug-likeness (QED) is 0.185. The lowest BCUT2D eigenvalue weighted by Gasteiger charge is -2.13. The van der Waals surface area contributed by atoms with Gasteiger partial charge in [-0.05, 0) is 67.6 Å². The van der Waals surface area contributed by atoms with Crippen LogP contribution < -0.4 is 23.7 Å². The molecule has 0 fully saturated rings. The summed E-state index contributed by atoms with van der Waals surface area (Å²) in [4.78, 5) is 26.9. The number of ether oxygens (including phenoxy) is 3. The maximum Gasteiger partial charge on any atom is 0.343 e. The van der Waals surface area contributed by atoms with Gasteiger partial charge in [0.25, 0.3) is 6.23 Å². The van der Waals surface area contributed by atoms with E-state index >= 15 is 0 Å². The van der Waals surface area contributed by atoms with Crippen LogP contribution in [-0.2, 0) is 0 Å². The van der Waals surface area contributed by atoms with Crippen LogP contribution in [0.2, 0.25) is 0 Å². The number of carbonyl (C=O) groups excluding carboxylic acids is 2. The Balaban J connectivity index is 1.31. The van der Waals surface area contributed by atoms with Crippen LogP contribution in [0.4, 0.5) is 5.69 Å². The number of aryl methyl sites for hydroxylation is 1. The third-order valence-corrected chi connectivity index (χ3v) is 5.70. The van der Waals surface area contributed by atoms with Crippen LogP contribution in [-0.4, -0.2) is 26.0 Å². The summed E-state index contributed by atoms with van der Waals surface area (Å²) in [6, 6.07) is 24.2. The summed E-state index contributed by atoms with van der Waals surface area (Å²) < 4.78 is 18.8. The van der Waals surface area contributed by atoms with Gasteiger partial charge in [0.15, 0.2) is 12.4 Å². The first-order valence-corrected chi connectivity index (χ1v) is 11.8. The molecule has 1 heterocycles. The maximum atomic E-state index is 12.6. The normalized spacial score (nSPS) is 11.4. The summed E-state index contributed by atoms with van der Waals surface area (Å²) in [5.41, 5.74) is 3.01. The van der Waals surface area contributed by atoms with E-state index in [0.717, 1.165) is 11.3 Å². The van der Waals surface area contributed by atoms with Crippen LogP contribution in [0.15, 0.2) is 97.3 Å². The number of esters is 2. The molecule has 4 rings (SSSR count). The number of hydrogen-bond donors (Lipinski definition) is 0. The fraction of sp³-hybridized carbons (Fsp3) is 0.167. The number of rotatable bonds is 8. The molecular formula is C30H29N2O5+. The fourth-order valence-corrected chi connectivity index (χ4v) is 3.50. The van der Waals surface area contributed by atoms with Crippen molar-refractivity contribution in [1.82, 2.24) is 0 Å². The van der Waals surface area contributed by atoms with Crippen LogP contribution >= 0.6 is 0 Å². The molecule has 7 nitrogen and oxygen atoms in total. The van der Waals surface area contributed by atoms with E-state index in [1.165, 1.54) is 0 Å². The van der Waals surface area contributed by atoms with Gasteiger partial charge in [0.05, 0.1) is 11.1 Å². The maximum absolute atomic E-state index is 12.6. The molecule has 37 heavy (non-hydrogen) atoms. The van der Waals surface area contributed by atoms with Crippen molar-refractivity contribution < 1.29 is 28.4 Å². The van der Waals surface area contributed by atoms with E-state index < -0.39 is 11.9 Å². The van der Waals surface area contributed by atoms with Gasteiger partial charge in [-0.2, -0.15) is 4.57 Å². The predicted octanol–water partition coefficient (Wildman–Crippen LogP) is 5.38. The van der Waals surface area contributed by atoms with Crippen molar-refractivity contribution in [3.8, 4) is 17.2 Å². The highest BCUT2D eigenvalue weighted by Gasteiger charge is 2.15. The Morgan fingerprint density at radius 2 is 1.11 bits per heavy atom. The Kier molecular flexibility index (Phi) is 7.83. The van der Waals surface area contributed by atoms with Gasteiger partial charge in [-0.1, -0.05) is 17.7 Å². The molecule has 0 saturated heterocycles. The Bertz CT molecular complexity index is 1350. The molecule has 0 radical (unpaired) electrons. The van der Waals surface area contributed by atoms with Gasteiger partial charge >= 0.3 is 11.9 Å². The third-order valence-electron chi connectivity index (χ3n) is 5.70. The van der Waals surface area contributed by atoms with Crippen molar-refractivity contribution >= 4 is 17.6 Å². The number of pyridine rings is 1. The van der Waals surface area contributed by atoms with Crippen molar-refractivity contribution in [2.75, 3.05) is 19.0 Å². The van der Waals surface area contributed by atoms with Gasteiger partial charge in [0.1, 0.15) is 17.2 Å². The SMILES string of the molecule is Cc1ccc(C(=O)Oc2ccc(OC(=O)c3ccc(OC(C)[n+]4ccc(N(C)C)cc4)cc3)cc2)cc1. The van der Waals surface area contributed by atoms with E-state index in [9.17, 15) is 9.59 Å². The summed E-state index contributed by atoms with van der Waals surface area (Å²) in [5.74, 6) is 0.373. The monoisotopic (exact) mass is 497 g/mol. The van der Waals surface area contributed by atoms with Gasteiger partial charge in [-0.15, -0.1) is 0 Å². The van der Waals surface area contributed by atoms with E-state index in [2.05, 4.69) is 0 Å². The molecule has 0 aliphatic rings. The van der Waals surface area contributed by atoms with Crippen molar-refractivity contribution in [1.29, 1.82) is 0 Å². The lowest BCUT2D eigenvalue weighted by molar-refractivity contribution is -0.749. The van der Waals surface area contributed by atoms with Crippen LogP contribution in [0.3, 0.4) is 0 Å². The minimum absolute atomic E-state index is 0.229. The van der Waals surface area contributed by atoms with Crippen molar-refractivity contribution in [3.05, 3.63) is 114 Å². The average Bonchev–Trinajstić information content (AvgIpc) is 2.90. The molecule has 0 spiro atoms. The van der Waals surface area contributed by atoms with Crippen LogP contribution in [0.1, 0.15) is 39.4 Å². The number of carbonyl (C=O) groups is 2. The van der Waals surface area contributed by atoms with E-state index in [1.807, 2.05) is 74.1 Å². The molecule has 0 saturated carbocycles. The van der Waals surface area contributed by atoms with E-state index in [4.69, 9.17) is 14.2 Å². The molecule has 7 heteroatoms. The Morgan fingerprint density at radius 1 is 0.676 bits per heavy atom. The first kappa shape index (κ1) is 25.4. The molecule has 1 unspecified atom stereocenters. The Morgan fingerprint density at radius 3 is 1.57 bits per heavy atom. The van der Waals surface area contributed by atoms with E-state index in [-0.39, 0.29) is 6.23 Å². The Labute approximate surface area is 216 Å². The van der Waals surface area contributed by atoms with Crippen LogP contribution in [0, 0.1) is 6.92 Å². The van der Waals surface area contributed by atoms with Gasteiger partial charge in [0, 0.05) is 38.8 Å². The van der Waals surface area contributed by atoms with Gasteiger partial charge < -0.3 is 19.1 Å². The summed E-state index contributed by atoms with van der Waals surface area (Å²) in [6.45, 7) is 3.89. The molecule has 188 valence electrons. The zero-order valence-corrected chi connectivity index (χ0v) is 21.3. The average molecular weight is 498 g/mol. The number of anilines is 1. The first-order chi connectivity index (χ1) is 17.8. The van der Waals surface area contributed by atoms with Crippen LogP contribution in [0.25, 0.3) is 0 Å². The second-order valence-corrected chi connectivity index (χ2v) is 8.76. The molecule has 0 aliphatic carbocycles. The standard InChI is InChI=1S/C30H29N2O5/c1-21-5-7-23(8-6-21)29(33)36-27-13-15-28(16-14-27)37-30(34)24-9-11-26(12-10-24)35-22(2)32-19-17-25(18-20-32)31(3)4/h5-20,22H,1-4H3/q+1. The van der Waals surface area contributed by atoms with Crippen molar-refractivity contribution in [3.63, 3.8) is 0 Å². The summed E-state index contributed by atoms with van der Waals surface area (Å²) in [5, 5.41) is 0. The molecule has 3 aromatic carbocycles. The zero-order chi connectivity index (χ0) is 26.4. The number of benzene rings is 3. The predicted molar refractivity (Wildman–Crippen MR) is 140 cm³/mol. The second kappa shape index (κ2) is 11.4. The zero-order valence-electron chi connectivity index (χ0n) is 21.3. The second-order valence-electron chi connectivity index (χ2n) is 8.76. The van der Waals surface area contributed by atoms with Crippen molar-refractivity contribution in [2.45, 2.75) is 20.1 Å². The number of nitrogens with zero attached hydrogens (tertiary/aromatic N) is 2. The fourth-order valence-electron chi connectivity index (χ4n) is 3.50. The molecule has 0 bridgehead atoms. The molecule has 1 atom stereocenters. The van der Waals surface area contributed by atoms with Gasteiger partial charge in [-0.25, -0.2) is 9.59 Å². The highest BCUT2D eigenvalue weighted by molar-refractivity contribution is 5.92. The summed E-state index contributed by atoms with van der Waals surface area (Å²) in [6.07, 6.45) is 3.69. The minimum atomic E-state index is -0.502. The topological polar surface area (TPSA) is 68.9 Å². The van der Waals surface area contributed by atoms with Crippen molar-refractivity contribution in [2.24, 2.45) is 0 Å². The number of aromatic nitrogens is 1. The molecular weight excluding hydrogens is 468 g/mol. The lowest BCUT2D eigenvalue weighted by atomic mass is 10.1. The minimum Gasteiger partial charge on any atom is -0.434 e. The van der Waals surface area contributed by atoms with E-state index in [1.54, 1.807) is 60.7 Å². The summed E-state index contributed by atoms with van der Waals surface area (Å²) in [7, 11) is 3.98. The van der Waals surface area contributed by atoms with Gasteiger partial charge in [-0.3, -0.25) is 0 Å². The molecule has 0 aliphatic heterocycles. The lowest BCUT2D eigenvalue weighted by Crippen LogP contribution is -2.40. The summed E-state index contributed by atoms with van der Waals surface area (Å²) >= 11 is 0. The molecule has 0 N–H and O–H groups in total. The molecule has 4 aromatic rings. The molecule has 1 aromatic heterocycles. The first-order valence-electron chi connectivity index (χ1n) is 11.8. The largest absolute Gasteiger partial charge is 0.434 e. The smallest absolute Gasteiger partial charge is 0.343 e. The van der Waals surface area contributed by atoms with E-state index in [0.29, 0.717) is 28.4 Å². The number of hydrogen-bond acceptors (Lipinski definition) is 6. The highest BCUT2D eigenvalue weighted by Crippen LogP contribution is 2.21. The van der Waals surface area contributed by atoms with Crippen LogP contribution in [0.5, 0.6) is 17.2 Å². The third kappa shape index (κ3) is 6.73. The molecule has 0 amide bonds. The van der Waals surface area contributed by atoms with Gasteiger partial charge in [0.2, 0.25) is 0 Å². The Hall–Kier alpha value is -4.65.